The molecule has 0 aromatic heterocycles. The number of amides is 2. The lowest BCUT2D eigenvalue weighted by atomic mass is 10.0. The van der Waals surface area contributed by atoms with Crippen LogP contribution in [0, 0.1) is 20.8 Å². The summed E-state index contributed by atoms with van der Waals surface area (Å²) in [6.45, 7) is 5.02. The lowest BCUT2D eigenvalue weighted by molar-refractivity contribution is -0.138. The number of sulfonamides is 1. The summed E-state index contributed by atoms with van der Waals surface area (Å²) in [4.78, 5) is 24.0. The van der Waals surface area contributed by atoms with Crippen LogP contribution in [0.4, 0.5) is 23.7 Å². The van der Waals surface area contributed by atoms with E-state index in [9.17, 15) is 36.3 Å². The first-order chi connectivity index (χ1) is 19.1. The number of carbonyl (C=O) groups is 2. The second-order valence-electron chi connectivity index (χ2n) is 9.40. The number of urea groups is 1. The van der Waals surface area contributed by atoms with Crippen molar-refractivity contribution in [3.63, 3.8) is 0 Å². The molecule has 0 unspecified atom stereocenters. The van der Waals surface area contributed by atoms with Crippen molar-refractivity contribution in [1.29, 1.82) is 0 Å². The maximum atomic E-state index is 13.1. The van der Waals surface area contributed by atoms with Gasteiger partial charge in [0.25, 0.3) is 0 Å². The molecule has 41 heavy (non-hydrogen) atoms. The monoisotopic (exact) mass is 609 g/mol. The highest BCUT2D eigenvalue weighted by molar-refractivity contribution is 8.00. The van der Waals surface area contributed by atoms with E-state index in [4.69, 9.17) is 0 Å². The van der Waals surface area contributed by atoms with Crippen LogP contribution >= 0.6 is 11.8 Å². The van der Waals surface area contributed by atoms with Gasteiger partial charge in [0.1, 0.15) is 6.04 Å². The topological polar surface area (TPSA) is 125 Å². The summed E-state index contributed by atoms with van der Waals surface area (Å²) in [5.74, 6) is -1.62. The van der Waals surface area contributed by atoms with Crippen molar-refractivity contribution < 1.29 is 36.3 Å². The predicted molar refractivity (Wildman–Crippen MR) is 154 cm³/mol. The molecule has 0 aliphatic carbocycles. The third-order valence-corrected chi connectivity index (χ3v) is 8.48. The van der Waals surface area contributed by atoms with Crippen LogP contribution in [-0.4, -0.2) is 49.4 Å². The molecule has 0 aliphatic heterocycles. The highest BCUT2D eigenvalue weighted by atomic mass is 32.2. The number of hydrogen-bond acceptors (Lipinski definition) is 5. The second-order valence-corrected chi connectivity index (χ2v) is 12.2. The number of carboxylic acid groups (broad SMARTS) is 1. The lowest BCUT2D eigenvalue weighted by Crippen LogP contribution is -2.42. The highest BCUT2D eigenvalue weighted by Gasteiger charge is 2.28. The van der Waals surface area contributed by atoms with Crippen LogP contribution in [0.3, 0.4) is 0 Å². The van der Waals surface area contributed by atoms with Gasteiger partial charge in [0.05, 0.1) is 4.90 Å². The molecule has 0 saturated carbocycles. The third-order valence-electron chi connectivity index (χ3n) is 5.97. The van der Waals surface area contributed by atoms with Crippen molar-refractivity contribution in [2.45, 2.75) is 43.6 Å². The quantitative estimate of drug-likeness (QED) is 0.209. The lowest BCUT2D eigenvalue weighted by Gasteiger charge is -2.18. The molecule has 2 amide bonds. The Bertz CT molecular complexity index is 1490. The Morgan fingerprint density at radius 3 is 2.17 bits per heavy atom. The number of hydrogen-bond donors (Lipinski definition) is 4. The number of carboxylic acids is 1. The van der Waals surface area contributed by atoms with Crippen molar-refractivity contribution in [2.75, 3.05) is 17.6 Å². The largest absolute Gasteiger partial charge is 0.480 e. The van der Waals surface area contributed by atoms with Crippen LogP contribution in [-0.2, 0) is 21.2 Å². The van der Waals surface area contributed by atoms with Gasteiger partial charge in [-0.05, 0) is 78.9 Å². The van der Waals surface area contributed by atoms with Gasteiger partial charge in [-0.1, -0.05) is 54.1 Å². The second kappa shape index (κ2) is 13.4. The molecule has 0 fully saturated rings. The average Bonchev–Trinajstić information content (AvgIpc) is 2.85. The number of benzene rings is 3. The van der Waals surface area contributed by atoms with Crippen molar-refractivity contribution in [3.8, 4) is 11.1 Å². The number of aliphatic carboxylic acids is 1. The molecule has 8 nitrogen and oxygen atoms in total. The molecule has 3 aromatic carbocycles. The number of rotatable bonds is 11. The van der Waals surface area contributed by atoms with Crippen LogP contribution in [0.5, 0.6) is 0 Å². The Kier molecular flexibility index (Phi) is 10.5. The fourth-order valence-electron chi connectivity index (χ4n) is 4.37. The SMILES string of the molecule is Cc1cc(C)c(S(=O)(=O)N[C@@H](Cc2ccc(-c3cccc(NC(=O)NCCSC(F)(F)F)c3)cc2)C(=O)O)c(C)c1. The summed E-state index contributed by atoms with van der Waals surface area (Å²) in [7, 11) is -4.10. The van der Waals surface area contributed by atoms with Gasteiger partial charge in [-0.2, -0.15) is 17.9 Å². The summed E-state index contributed by atoms with van der Waals surface area (Å²) in [6, 6.07) is 15.1. The molecule has 0 saturated heterocycles. The molecule has 3 rings (SSSR count). The zero-order valence-electron chi connectivity index (χ0n) is 22.5. The standard InChI is InChI=1S/C28H30F3N3O5S2/c1-17-13-18(2)25(19(3)14-17)41(38,39)34-24(26(35)36)15-20-7-9-21(10-8-20)22-5-4-6-23(16-22)33-27(37)32-11-12-40-28(29,30)31/h4-10,13-14,16,24,34H,11-12,15H2,1-3H3,(H,35,36)(H2,32,33,37)/t24-/m0/s1. The molecule has 1 atom stereocenters. The van der Waals surface area contributed by atoms with Gasteiger partial charge in [-0.15, -0.1) is 0 Å². The van der Waals surface area contributed by atoms with Crippen LogP contribution in [0.1, 0.15) is 22.3 Å². The van der Waals surface area contributed by atoms with Crippen molar-refractivity contribution in [2.24, 2.45) is 0 Å². The zero-order chi connectivity index (χ0) is 30.4. The van der Waals surface area contributed by atoms with E-state index in [0.717, 1.165) is 16.7 Å². The maximum Gasteiger partial charge on any atom is 0.441 e. The molecule has 0 heterocycles. The maximum absolute atomic E-state index is 13.1. The summed E-state index contributed by atoms with van der Waals surface area (Å²) in [5.41, 5.74) is 0.0836. The number of anilines is 1. The minimum absolute atomic E-state index is 0.0621. The van der Waals surface area contributed by atoms with Gasteiger partial charge < -0.3 is 15.7 Å². The molecular weight excluding hydrogens is 579 g/mol. The van der Waals surface area contributed by atoms with E-state index < -0.39 is 33.6 Å². The molecule has 0 bridgehead atoms. The van der Waals surface area contributed by atoms with Gasteiger partial charge in [0, 0.05) is 18.0 Å². The first kappa shape index (κ1) is 32.0. The summed E-state index contributed by atoms with van der Waals surface area (Å²) < 4.78 is 65.1. The smallest absolute Gasteiger partial charge is 0.441 e. The Balaban J connectivity index is 1.67. The molecule has 13 heteroatoms. The van der Waals surface area contributed by atoms with Gasteiger partial charge >= 0.3 is 17.5 Å². The first-order valence-corrected chi connectivity index (χ1v) is 14.9. The van der Waals surface area contributed by atoms with E-state index in [1.54, 1.807) is 74.5 Å². The van der Waals surface area contributed by atoms with Crippen LogP contribution in [0.25, 0.3) is 11.1 Å². The van der Waals surface area contributed by atoms with E-state index in [1.165, 1.54) is 0 Å². The van der Waals surface area contributed by atoms with Gasteiger partial charge in [-0.3, -0.25) is 4.79 Å². The van der Waals surface area contributed by atoms with Crippen LogP contribution < -0.4 is 15.4 Å². The van der Waals surface area contributed by atoms with Crippen LogP contribution in [0.15, 0.2) is 65.6 Å². The molecule has 0 aliphatic rings. The molecular formula is C28H30F3N3O5S2. The van der Waals surface area contributed by atoms with Gasteiger partial charge in [0.15, 0.2) is 0 Å². The van der Waals surface area contributed by atoms with E-state index >= 15 is 0 Å². The Hall–Kier alpha value is -3.55. The Morgan fingerprint density at radius 1 is 0.951 bits per heavy atom. The number of alkyl halides is 3. The normalized spacial score (nSPS) is 12.5. The molecule has 4 N–H and O–H groups in total. The molecule has 0 spiro atoms. The van der Waals surface area contributed by atoms with Gasteiger partial charge in [-0.25, -0.2) is 13.2 Å². The molecule has 220 valence electrons. The van der Waals surface area contributed by atoms with E-state index in [0.29, 0.717) is 22.4 Å². The zero-order valence-corrected chi connectivity index (χ0v) is 24.1. The van der Waals surface area contributed by atoms with Crippen LogP contribution in [0.2, 0.25) is 0 Å². The van der Waals surface area contributed by atoms with Crippen molar-refractivity contribution in [3.05, 3.63) is 82.9 Å². The number of nitrogens with one attached hydrogen (secondary N) is 3. The first-order valence-electron chi connectivity index (χ1n) is 12.4. The highest BCUT2D eigenvalue weighted by Crippen LogP contribution is 2.29. The third kappa shape index (κ3) is 9.51. The number of thioether (sulfide) groups is 1. The van der Waals surface area contributed by atoms with Gasteiger partial charge in [0.2, 0.25) is 10.0 Å². The Morgan fingerprint density at radius 2 is 1.59 bits per heavy atom. The van der Waals surface area contributed by atoms with Crippen molar-refractivity contribution >= 4 is 39.5 Å². The molecule has 0 radical (unpaired) electrons. The Labute approximate surface area is 240 Å². The summed E-state index contributed by atoms with van der Waals surface area (Å²) >= 11 is -0.218. The predicted octanol–water partition coefficient (Wildman–Crippen LogP) is 5.63. The number of aryl methyl sites for hydroxylation is 3. The fourth-order valence-corrected chi connectivity index (χ4v) is 6.45. The number of halogens is 3. The van der Waals surface area contributed by atoms with Crippen molar-refractivity contribution in [1.82, 2.24) is 10.0 Å². The molecule has 3 aromatic rings. The fraction of sp³-hybridized carbons (Fsp3) is 0.286. The minimum atomic E-state index is -4.36. The van der Waals surface area contributed by atoms with E-state index in [2.05, 4.69) is 15.4 Å². The summed E-state index contributed by atoms with van der Waals surface area (Å²) in [6.07, 6.45) is -0.0901. The summed E-state index contributed by atoms with van der Waals surface area (Å²) in [5, 5.41) is 14.7. The average molecular weight is 610 g/mol. The van der Waals surface area contributed by atoms with E-state index in [-0.39, 0.29) is 35.4 Å². The van der Waals surface area contributed by atoms with E-state index in [1.807, 2.05) is 6.92 Å². The number of carbonyl (C=O) groups excluding carboxylic acids is 1. The minimum Gasteiger partial charge on any atom is -0.480 e.